The molecule has 0 spiro atoms. The molecule has 1 aromatic rings. The molecule has 2 bridgehead atoms. The highest BCUT2D eigenvalue weighted by atomic mass is 35.5. The molecule has 4 nitrogen and oxygen atoms in total. The van der Waals surface area contributed by atoms with Gasteiger partial charge in [0, 0.05) is 16.3 Å². The Balaban J connectivity index is 2.16. The highest BCUT2D eigenvalue weighted by Gasteiger charge is 2.52. The van der Waals surface area contributed by atoms with E-state index in [1.165, 1.54) is 0 Å². The molecule has 0 aromatic heterocycles. The number of rotatable bonds is 3. The highest BCUT2D eigenvalue weighted by molar-refractivity contribution is 7.80. The number of thiol groups is 1. The fraction of sp³-hybridized carbons (Fsp3) is 0.467. The summed E-state index contributed by atoms with van der Waals surface area (Å²) < 4.78 is 5.69. The third-order valence-electron chi connectivity index (χ3n) is 4.10. The minimum Gasteiger partial charge on any atom is -0.468 e. The van der Waals surface area contributed by atoms with Crippen molar-refractivity contribution in [3.63, 3.8) is 0 Å². The molecule has 6 heteroatoms. The Morgan fingerprint density at radius 2 is 2.29 bits per heavy atom. The zero-order valence-corrected chi connectivity index (χ0v) is 13.1. The fourth-order valence-electron chi connectivity index (χ4n) is 3.02. The van der Waals surface area contributed by atoms with Crippen LogP contribution in [0, 0.1) is 0 Å². The van der Waals surface area contributed by atoms with E-state index in [1.54, 1.807) is 6.07 Å². The Morgan fingerprint density at radius 1 is 1.52 bits per heavy atom. The van der Waals surface area contributed by atoms with Crippen LogP contribution in [0.15, 0.2) is 29.3 Å². The van der Waals surface area contributed by atoms with E-state index in [-0.39, 0.29) is 5.78 Å². The molecule has 0 amide bonds. The first kappa shape index (κ1) is 14.9. The van der Waals surface area contributed by atoms with Crippen LogP contribution in [0.2, 0.25) is 5.02 Å². The lowest BCUT2D eigenvalue weighted by atomic mass is 9.74. The molecule has 1 aliphatic carbocycles. The van der Waals surface area contributed by atoms with Gasteiger partial charge in [0.25, 0.3) is 0 Å². The topological polar surface area (TPSA) is 64.7 Å². The van der Waals surface area contributed by atoms with Crippen molar-refractivity contribution in [1.82, 2.24) is 0 Å². The van der Waals surface area contributed by atoms with Crippen LogP contribution in [-0.4, -0.2) is 29.6 Å². The van der Waals surface area contributed by atoms with Crippen molar-refractivity contribution in [1.29, 1.82) is 0 Å². The molecule has 112 valence electrons. The first-order valence-corrected chi connectivity index (χ1v) is 8.01. The van der Waals surface area contributed by atoms with Gasteiger partial charge in [-0.25, -0.2) is 4.99 Å². The van der Waals surface area contributed by atoms with Crippen molar-refractivity contribution in [2.45, 2.75) is 36.9 Å². The summed E-state index contributed by atoms with van der Waals surface area (Å²) in [6, 6.07) is 6.95. The largest absolute Gasteiger partial charge is 0.468 e. The quantitative estimate of drug-likeness (QED) is 0.839. The number of fused-ring (bicyclic) bond motifs is 2. The van der Waals surface area contributed by atoms with E-state index in [0.29, 0.717) is 29.5 Å². The maximum absolute atomic E-state index is 12.8. The number of hydrogen-bond donors (Lipinski definition) is 2. The van der Waals surface area contributed by atoms with Gasteiger partial charge >= 0.3 is 0 Å². The lowest BCUT2D eigenvalue weighted by molar-refractivity contribution is -0.137. The number of carbonyl (C=O) groups excluding carboxylic acids is 1. The van der Waals surface area contributed by atoms with E-state index in [1.807, 2.05) is 18.2 Å². The van der Waals surface area contributed by atoms with E-state index in [0.717, 1.165) is 12.0 Å². The third kappa shape index (κ3) is 2.37. The van der Waals surface area contributed by atoms with Crippen molar-refractivity contribution < 1.29 is 9.53 Å². The minimum absolute atomic E-state index is 0.0167. The van der Waals surface area contributed by atoms with Crippen LogP contribution in [0.25, 0.3) is 0 Å². The van der Waals surface area contributed by atoms with Crippen LogP contribution >= 0.6 is 24.2 Å². The van der Waals surface area contributed by atoms with Crippen molar-refractivity contribution in [2.75, 3.05) is 5.75 Å². The molecule has 2 N–H and O–H groups in total. The Bertz CT molecular complexity index is 607. The van der Waals surface area contributed by atoms with Gasteiger partial charge in [0.2, 0.25) is 11.7 Å². The molecule has 1 aliphatic heterocycles. The second kappa shape index (κ2) is 5.63. The summed E-state index contributed by atoms with van der Waals surface area (Å²) in [5, 5.41) is 0.552. The predicted octanol–water partition coefficient (Wildman–Crippen LogP) is 2.34. The number of ether oxygens (including phenoxy) is 1. The summed E-state index contributed by atoms with van der Waals surface area (Å²) in [6.07, 6.45) is 1.73. The zero-order chi connectivity index (χ0) is 15.0. The first-order chi connectivity index (χ1) is 10.1. The smallest absolute Gasteiger partial charge is 0.205 e. The standard InChI is InChI=1S/C15H17ClN2O2S/c16-10-5-2-1-4-9(10)15-7-3-6-12(13(15)19)20-14(18-15)11(17)8-21/h1-2,4-5,11-12,21H,3,6-8,17H2/t11?,12-,15-/m1/s1. The van der Waals surface area contributed by atoms with E-state index in [2.05, 4.69) is 17.6 Å². The molecule has 21 heavy (non-hydrogen) atoms. The molecule has 2 aliphatic rings. The average Bonchev–Trinajstić information content (AvgIpc) is 2.47. The molecule has 1 aromatic carbocycles. The highest BCUT2D eigenvalue weighted by Crippen LogP contribution is 2.44. The van der Waals surface area contributed by atoms with Crippen LogP contribution in [0.5, 0.6) is 0 Å². The SMILES string of the molecule is NC(CS)C1=N[C@@]2(c3ccccc3Cl)CCC[C@@H](O1)C2=O. The zero-order valence-electron chi connectivity index (χ0n) is 11.5. The number of carbonyl (C=O) groups is 1. The maximum Gasteiger partial charge on any atom is 0.205 e. The molecular weight excluding hydrogens is 308 g/mol. The summed E-state index contributed by atoms with van der Waals surface area (Å²) in [6.45, 7) is 0. The molecule has 3 atom stereocenters. The Morgan fingerprint density at radius 3 is 3.00 bits per heavy atom. The first-order valence-electron chi connectivity index (χ1n) is 7.00. The van der Waals surface area contributed by atoms with Crippen molar-refractivity contribution in [2.24, 2.45) is 10.7 Å². The second-order valence-electron chi connectivity index (χ2n) is 5.44. The number of aliphatic imine (C=N–C) groups is 1. The molecule has 3 rings (SSSR count). The Labute approximate surface area is 134 Å². The summed E-state index contributed by atoms with van der Waals surface area (Å²) in [5.41, 5.74) is 5.79. The van der Waals surface area contributed by atoms with Crippen LogP contribution < -0.4 is 5.73 Å². The molecule has 1 saturated carbocycles. The van der Waals surface area contributed by atoms with Gasteiger partial charge in [0.1, 0.15) is 0 Å². The van der Waals surface area contributed by atoms with Crippen LogP contribution in [-0.2, 0) is 15.1 Å². The Kier molecular flexibility index (Phi) is 3.99. The normalized spacial score (nSPS) is 29.6. The van der Waals surface area contributed by atoms with E-state index in [9.17, 15) is 4.79 Å². The lowest BCUT2D eigenvalue weighted by Gasteiger charge is -2.42. The lowest BCUT2D eigenvalue weighted by Crippen LogP contribution is -2.54. The number of nitrogens with two attached hydrogens (primary N) is 1. The van der Waals surface area contributed by atoms with Gasteiger partial charge in [-0.2, -0.15) is 12.6 Å². The number of Topliss-reactive ketones (excluding diaryl/α,β-unsaturated/α-hetero) is 1. The molecule has 1 unspecified atom stereocenters. The summed E-state index contributed by atoms with van der Waals surface area (Å²) in [7, 11) is 0. The van der Waals surface area contributed by atoms with Gasteiger partial charge in [-0.05, 0) is 25.3 Å². The third-order valence-corrected chi connectivity index (χ3v) is 4.83. The van der Waals surface area contributed by atoms with E-state index >= 15 is 0 Å². The van der Waals surface area contributed by atoms with Gasteiger partial charge in [-0.15, -0.1) is 0 Å². The minimum atomic E-state index is -0.949. The molecule has 1 heterocycles. The van der Waals surface area contributed by atoms with Crippen LogP contribution in [0.3, 0.4) is 0 Å². The van der Waals surface area contributed by atoms with Gasteiger partial charge in [0.15, 0.2) is 11.6 Å². The number of hydrogen-bond acceptors (Lipinski definition) is 5. The van der Waals surface area contributed by atoms with E-state index in [4.69, 9.17) is 22.1 Å². The van der Waals surface area contributed by atoms with E-state index < -0.39 is 17.7 Å². The fourth-order valence-corrected chi connectivity index (χ4v) is 3.47. The number of benzene rings is 1. The average molecular weight is 325 g/mol. The number of nitrogens with zero attached hydrogens (tertiary/aromatic N) is 1. The van der Waals surface area contributed by atoms with Crippen molar-refractivity contribution in [3.05, 3.63) is 34.9 Å². The van der Waals surface area contributed by atoms with Gasteiger partial charge in [-0.3, -0.25) is 4.79 Å². The van der Waals surface area contributed by atoms with Crippen LogP contribution in [0.4, 0.5) is 0 Å². The number of ketones is 1. The predicted molar refractivity (Wildman–Crippen MR) is 86.1 cm³/mol. The van der Waals surface area contributed by atoms with Crippen molar-refractivity contribution in [3.8, 4) is 0 Å². The summed E-state index contributed by atoms with van der Waals surface area (Å²) in [4.78, 5) is 17.4. The van der Waals surface area contributed by atoms with Gasteiger partial charge in [-0.1, -0.05) is 29.8 Å². The molecule has 0 radical (unpaired) electrons. The summed E-state index contributed by atoms with van der Waals surface area (Å²) >= 11 is 10.5. The Hall–Kier alpha value is -1.04. The number of halogens is 1. The van der Waals surface area contributed by atoms with Gasteiger partial charge in [0.05, 0.1) is 6.04 Å². The second-order valence-corrected chi connectivity index (χ2v) is 6.21. The van der Waals surface area contributed by atoms with Gasteiger partial charge < -0.3 is 10.5 Å². The molecule has 0 saturated heterocycles. The monoisotopic (exact) mass is 324 g/mol. The van der Waals surface area contributed by atoms with Crippen molar-refractivity contribution >= 4 is 35.9 Å². The molecule has 1 fully saturated rings. The maximum atomic E-state index is 12.8. The summed E-state index contributed by atoms with van der Waals surface area (Å²) in [5.74, 6) is 0.810. The molecular formula is C15H17ClN2O2S. The van der Waals surface area contributed by atoms with Crippen LogP contribution in [0.1, 0.15) is 24.8 Å².